The molecule has 1 heterocycles. The average molecular weight is 297 g/mol. The Labute approximate surface area is 124 Å². The van der Waals surface area contributed by atoms with E-state index in [2.05, 4.69) is 10.4 Å². The molecule has 0 aliphatic rings. The number of alkyl carbamates (subject to hydrolysis) is 1. The van der Waals surface area contributed by atoms with Crippen molar-refractivity contribution in [2.45, 2.75) is 58.7 Å². The number of ether oxygens (including phenoxy) is 1. The molecule has 1 unspecified atom stereocenters. The van der Waals surface area contributed by atoms with Crippen LogP contribution in [0.25, 0.3) is 0 Å². The van der Waals surface area contributed by atoms with Crippen LogP contribution in [0.2, 0.25) is 0 Å². The van der Waals surface area contributed by atoms with Gasteiger partial charge in [0, 0.05) is 18.3 Å². The van der Waals surface area contributed by atoms with Crippen LogP contribution in [-0.2, 0) is 16.1 Å². The van der Waals surface area contributed by atoms with Gasteiger partial charge in [0.1, 0.15) is 5.60 Å². The average Bonchev–Trinajstić information content (AvgIpc) is 2.74. The van der Waals surface area contributed by atoms with Crippen LogP contribution in [0.1, 0.15) is 52.1 Å². The third-order valence-corrected chi connectivity index (χ3v) is 2.58. The highest BCUT2D eigenvalue weighted by Crippen LogP contribution is 2.18. The molecule has 1 amide bonds. The zero-order valence-electron chi connectivity index (χ0n) is 12.9. The Kier molecular flexibility index (Phi) is 5.75. The minimum atomic E-state index is -1.00. The molecule has 0 saturated heterocycles. The van der Waals surface area contributed by atoms with Gasteiger partial charge in [0.25, 0.3) is 0 Å². The lowest BCUT2D eigenvalue weighted by Crippen LogP contribution is -2.35. The number of aliphatic carboxylic acids is 1. The van der Waals surface area contributed by atoms with Gasteiger partial charge >= 0.3 is 12.1 Å². The molecule has 0 saturated carbocycles. The van der Waals surface area contributed by atoms with Gasteiger partial charge in [-0.05, 0) is 27.2 Å². The summed E-state index contributed by atoms with van der Waals surface area (Å²) < 4.78 is 6.88. The quantitative estimate of drug-likeness (QED) is 0.840. The molecule has 1 rings (SSSR count). The van der Waals surface area contributed by atoms with Gasteiger partial charge in [-0.3, -0.25) is 9.48 Å². The normalized spacial score (nSPS) is 12.8. The molecule has 0 fully saturated rings. The summed E-state index contributed by atoms with van der Waals surface area (Å²) in [4.78, 5) is 22.8. The van der Waals surface area contributed by atoms with Crippen molar-refractivity contribution >= 4 is 12.1 Å². The molecule has 7 heteroatoms. The molecule has 1 atom stereocenters. The first-order valence-corrected chi connectivity index (χ1v) is 6.95. The van der Waals surface area contributed by atoms with Gasteiger partial charge in [-0.15, -0.1) is 0 Å². The molecule has 0 aliphatic heterocycles. The van der Waals surface area contributed by atoms with Crippen molar-refractivity contribution in [3.8, 4) is 0 Å². The van der Waals surface area contributed by atoms with Crippen molar-refractivity contribution in [1.82, 2.24) is 15.1 Å². The van der Waals surface area contributed by atoms with Crippen LogP contribution < -0.4 is 5.32 Å². The highest BCUT2D eigenvalue weighted by Gasteiger charge is 2.23. The molecule has 0 aliphatic carbocycles. The summed E-state index contributed by atoms with van der Waals surface area (Å²) in [5.41, 5.74) is 0.0151. The van der Waals surface area contributed by atoms with Crippen LogP contribution in [0.15, 0.2) is 12.4 Å². The predicted molar refractivity (Wildman–Crippen MR) is 76.9 cm³/mol. The fraction of sp³-hybridized carbons (Fsp3) is 0.643. The maximum Gasteiger partial charge on any atom is 0.408 e. The number of carboxylic acid groups (broad SMARTS) is 1. The summed E-state index contributed by atoms with van der Waals surface area (Å²) in [7, 11) is 0. The van der Waals surface area contributed by atoms with Crippen molar-refractivity contribution in [3.05, 3.63) is 18.0 Å². The Bertz CT molecular complexity index is 491. The van der Waals surface area contributed by atoms with Crippen LogP contribution >= 0.6 is 0 Å². The number of carbonyl (C=O) groups is 2. The number of hydrogen-bond acceptors (Lipinski definition) is 4. The van der Waals surface area contributed by atoms with E-state index in [9.17, 15) is 9.59 Å². The number of aryl methyl sites for hydroxylation is 1. The summed E-state index contributed by atoms with van der Waals surface area (Å²) in [6.45, 7) is 8.01. The number of amides is 1. The first kappa shape index (κ1) is 17.0. The molecule has 1 aromatic heterocycles. The Morgan fingerprint density at radius 1 is 1.48 bits per heavy atom. The lowest BCUT2D eigenvalue weighted by molar-refractivity contribution is -0.137. The highest BCUT2D eigenvalue weighted by atomic mass is 16.6. The summed E-state index contributed by atoms with van der Waals surface area (Å²) in [5, 5.41) is 15.7. The van der Waals surface area contributed by atoms with Gasteiger partial charge in [-0.2, -0.15) is 5.10 Å². The summed E-state index contributed by atoms with van der Waals surface area (Å²) in [6.07, 6.45) is 3.37. The van der Waals surface area contributed by atoms with Gasteiger partial charge in [-0.1, -0.05) is 6.92 Å². The van der Waals surface area contributed by atoms with Gasteiger partial charge in [0.15, 0.2) is 0 Å². The van der Waals surface area contributed by atoms with Gasteiger partial charge in [0.05, 0.1) is 18.7 Å². The number of hydrogen-bond donors (Lipinski definition) is 2. The molecule has 0 aromatic carbocycles. The van der Waals surface area contributed by atoms with Crippen LogP contribution in [0, 0.1) is 0 Å². The van der Waals surface area contributed by atoms with Crippen molar-refractivity contribution in [2.24, 2.45) is 0 Å². The van der Waals surface area contributed by atoms with E-state index in [1.807, 2.05) is 6.92 Å². The number of carbonyl (C=O) groups excluding carboxylic acids is 1. The summed E-state index contributed by atoms with van der Waals surface area (Å²) in [6, 6.07) is -0.664. The third kappa shape index (κ3) is 6.29. The Hall–Kier alpha value is -2.05. The lowest BCUT2D eigenvalue weighted by atomic mass is 10.1. The van der Waals surface area contributed by atoms with Gasteiger partial charge in [0.2, 0.25) is 0 Å². The first-order chi connectivity index (χ1) is 9.71. The van der Waals surface area contributed by atoms with Crippen molar-refractivity contribution in [2.75, 3.05) is 0 Å². The molecule has 2 N–H and O–H groups in total. The van der Waals surface area contributed by atoms with Crippen LogP contribution in [0.4, 0.5) is 4.79 Å². The number of nitrogens with zero attached hydrogens (tertiary/aromatic N) is 2. The SMILES string of the molecule is CCCn1cc(C(CC(=O)O)NC(=O)OC(C)(C)C)cn1. The molecule has 0 spiro atoms. The molecule has 0 radical (unpaired) electrons. The number of aromatic nitrogens is 2. The van der Waals surface area contributed by atoms with Crippen LogP contribution in [0.3, 0.4) is 0 Å². The second kappa shape index (κ2) is 7.10. The fourth-order valence-electron chi connectivity index (χ4n) is 1.79. The van der Waals surface area contributed by atoms with E-state index < -0.39 is 23.7 Å². The van der Waals surface area contributed by atoms with E-state index in [1.54, 1.807) is 37.8 Å². The summed E-state index contributed by atoms with van der Waals surface area (Å²) >= 11 is 0. The first-order valence-electron chi connectivity index (χ1n) is 6.95. The van der Waals surface area contributed by atoms with E-state index in [1.165, 1.54) is 0 Å². The monoisotopic (exact) mass is 297 g/mol. The molecule has 21 heavy (non-hydrogen) atoms. The van der Waals surface area contributed by atoms with E-state index in [4.69, 9.17) is 9.84 Å². The minimum Gasteiger partial charge on any atom is -0.481 e. The van der Waals surface area contributed by atoms with Crippen molar-refractivity contribution in [1.29, 1.82) is 0 Å². The largest absolute Gasteiger partial charge is 0.481 e. The fourth-order valence-corrected chi connectivity index (χ4v) is 1.79. The highest BCUT2D eigenvalue weighted by molar-refractivity contribution is 5.72. The van der Waals surface area contributed by atoms with Crippen molar-refractivity contribution < 1.29 is 19.4 Å². The number of carboxylic acids is 1. The van der Waals surface area contributed by atoms with E-state index in [0.29, 0.717) is 5.56 Å². The standard InChI is InChI=1S/C14H23N3O4/c1-5-6-17-9-10(8-15-17)11(7-12(18)19)16-13(20)21-14(2,3)4/h8-9,11H,5-7H2,1-4H3,(H,16,20)(H,18,19). The zero-order chi connectivity index (χ0) is 16.0. The maximum absolute atomic E-state index is 11.8. The van der Waals surface area contributed by atoms with Crippen molar-refractivity contribution in [3.63, 3.8) is 0 Å². The Balaban J connectivity index is 2.79. The Morgan fingerprint density at radius 3 is 2.67 bits per heavy atom. The van der Waals surface area contributed by atoms with E-state index >= 15 is 0 Å². The molecular weight excluding hydrogens is 274 g/mol. The van der Waals surface area contributed by atoms with Gasteiger partial charge < -0.3 is 15.2 Å². The summed E-state index contributed by atoms with van der Waals surface area (Å²) in [5.74, 6) is -1.00. The minimum absolute atomic E-state index is 0.225. The van der Waals surface area contributed by atoms with Crippen LogP contribution in [-0.4, -0.2) is 32.6 Å². The molecule has 118 valence electrons. The van der Waals surface area contributed by atoms with E-state index in [-0.39, 0.29) is 6.42 Å². The third-order valence-electron chi connectivity index (χ3n) is 2.58. The van der Waals surface area contributed by atoms with Crippen LogP contribution in [0.5, 0.6) is 0 Å². The number of nitrogens with one attached hydrogen (secondary N) is 1. The molecule has 0 bridgehead atoms. The zero-order valence-corrected chi connectivity index (χ0v) is 12.9. The second-order valence-corrected chi connectivity index (χ2v) is 5.83. The molecular formula is C14H23N3O4. The second-order valence-electron chi connectivity index (χ2n) is 5.83. The smallest absolute Gasteiger partial charge is 0.408 e. The lowest BCUT2D eigenvalue weighted by Gasteiger charge is -2.22. The Morgan fingerprint density at radius 2 is 2.14 bits per heavy atom. The van der Waals surface area contributed by atoms with E-state index in [0.717, 1.165) is 13.0 Å². The maximum atomic E-state index is 11.8. The molecule has 7 nitrogen and oxygen atoms in total. The van der Waals surface area contributed by atoms with Gasteiger partial charge in [-0.25, -0.2) is 4.79 Å². The predicted octanol–water partition coefficient (Wildman–Crippen LogP) is 2.33. The number of rotatable bonds is 6. The molecule has 1 aromatic rings. The topological polar surface area (TPSA) is 93.5 Å².